The van der Waals surface area contributed by atoms with E-state index in [4.69, 9.17) is 4.74 Å². The lowest BCUT2D eigenvalue weighted by Gasteiger charge is -2.10. The second-order valence-corrected chi connectivity index (χ2v) is 6.69. The number of imidazole rings is 1. The lowest BCUT2D eigenvalue weighted by Crippen LogP contribution is -2.07. The number of para-hydroxylation sites is 2. The van der Waals surface area contributed by atoms with E-state index in [2.05, 4.69) is 4.98 Å². The summed E-state index contributed by atoms with van der Waals surface area (Å²) in [5, 5.41) is 11.2. The largest absolute Gasteiger partial charge is 0.486 e. The van der Waals surface area contributed by atoms with E-state index in [9.17, 15) is 9.90 Å². The van der Waals surface area contributed by atoms with Crippen LogP contribution in [0, 0.1) is 0 Å². The smallest absolute Gasteiger partial charge is 0.310 e. The second-order valence-electron chi connectivity index (χ2n) is 6.69. The van der Waals surface area contributed by atoms with Crippen molar-refractivity contribution >= 4 is 27.8 Å². The van der Waals surface area contributed by atoms with Crippen LogP contribution in [0.2, 0.25) is 0 Å². The topological polar surface area (TPSA) is 64.3 Å². The molecule has 0 aliphatic rings. The average Bonchev–Trinajstić information content (AvgIpc) is 3.01. The zero-order valence-electron chi connectivity index (χ0n) is 15.2. The molecule has 0 saturated heterocycles. The van der Waals surface area contributed by atoms with Crippen LogP contribution >= 0.6 is 0 Å². The van der Waals surface area contributed by atoms with Crippen LogP contribution in [0.3, 0.4) is 0 Å². The molecule has 1 unspecified atom stereocenters. The molecule has 0 aliphatic carbocycles. The van der Waals surface area contributed by atoms with E-state index in [1.807, 2.05) is 72.3 Å². The van der Waals surface area contributed by atoms with Crippen LogP contribution in [-0.2, 0) is 18.4 Å². The number of carboxylic acid groups (broad SMARTS) is 1. The van der Waals surface area contributed by atoms with Crippen molar-refractivity contribution in [3.8, 4) is 5.75 Å². The summed E-state index contributed by atoms with van der Waals surface area (Å²) in [6.07, 6.45) is 0. The van der Waals surface area contributed by atoms with Gasteiger partial charge in [-0.1, -0.05) is 36.4 Å². The third-order valence-electron chi connectivity index (χ3n) is 4.95. The van der Waals surface area contributed by atoms with Crippen LogP contribution < -0.4 is 4.74 Å². The zero-order valence-corrected chi connectivity index (χ0v) is 15.2. The Morgan fingerprint density at radius 3 is 2.63 bits per heavy atom. The Bertz CT molecular complexity index is 1150. The van der Waals surface area contributed by atoms with Crippen molar-refractivity contribution in [1.29, 1.82) is 0 Å². The van der Waals surface area contributed by atoms with Gasteiger partial charge in [0.2, 0.25) is 0 Å². The van der Waals surface area contributed by atoms with Crippen molar-refractivity contribution in [2.24, 2.45) is 7.05 Å². The Balaban J connectivity index is 1.56. The summed E-state index contributed by atoms with van der Waals surface area (Å²) in [7, 11) is 1.99. The van der Waals surface area contributed by atoms with Gasteiger partial charge in [-0.05, 0) is 47.5 Å². The molecule has 3 aromatic carbocycles. The normalized spacial score (nSPS) is 12.4. The van der Waals surface area contributed by atoms with Gasteiger partial charge in [-0.15, -0.1) is 0 Å². The summed E-state index contributed by atoms with van der Waals surface area (Å²) < 4.78 is 7.99. The highest BCUT2D eigenvalue weighted by atomic mass is 16.5. The van der Waals surface area contributed by atoms with Crippen molar-refractivity contribution in [3.05, 3.63) is 72.1 Å². The molecule has 136 valence electrons. The molecule has 5 heteroatoms. The fourth-order valence-electron chi connectivity index (χ4n) is 3.22. The third-order valence-corrected chi connectivity index (χ3v) is 4.95. The minimum Gasteiger partial charge on any atom is -0.486 e. The number of hydrogen-bond acceptors (Lipinski definition) is 3. The van der Waals surface area contributed by atoms with Crippen molar-refractivity contribution in [3.63, 3.8) is 0 Å². The molecule has 0 fully saturated rings. The number of aryl methyl sites for hydroxylation is 1. The van der Waals surface area contributed by atoms with Crippen molar-refractivity contribution in [2.75, 3.05) is 0 Å². The van der Waals surface area contributed by atoms with Crippen LogP contribution in [0.15, 0.2) is 60.7 Å². The van der Waals surface area contributed by atoms with E-state index in [1.165, 1.54) is 0 Å². The Morgan fingerprint density at radius 2 is 1.85 bits per heavy atom. The molecule has 0 bridgehead atoms. The number of ether oxygens (including phenoxy) is 1. The summed E-state index contributed by atoms with van der Waals surface area (Å²) >= 11 is 0. The molecule has 4 aromatic rings. The fraction of sp³-hybridized carbons (Fsp3) is 0.182. The van der Waals surface area contributed by atoms with E-state index in [0.29, 0.717) is 6.61 Å². The second kappa shape index (κ2) is 6.76. The van der Waals surface area contributed by atoms with Gasteiger partial charge in [-0.3, -0.25) is 4.79 Å². The lowest BCUT2D eigenvalue weighted by molar-refractivity contribution is -0.138. The maximum Gasteiger partial charge on any atom is 0.310 e. The van der Waals surface area contributed by atoms with Gasteiger partial charge < -0.3 is 14.4 Å². The zero-order chi connectivity index (χ0) is 19.0. The highest BCUT2D eigenvalue weighted by molar-refractivity contribution is 5.86. The average molecular weight is 360 g/mol. The van der Waals surface area contributed by atoms with Crippen LogP contribution in [0.5, 0.6) is 5.75 Å². The lowest BCUT2D eigenvalue weighted by atomic mass is 9.98. The van der Waals surface area contributed by atoms with E-state index < -0.39 is 11.9 Å². The van der Waals surface area contributed by atoms with Gasteiger partial charge in [0.05, 0.1) is 17.0 Å². The van der Waals surface area contributed by atoms with E-state index in [-0.39, 0.29) is 0 Å². The van der Waals surface area contributed by atoms with Crippen LogP contribution in [0.4, 0.5) is 0 Å². The van der Waals surface area contributed by atoms with E-state index in [1.54, 1.807) is 6.92 Å². The van der Waals surface area contributed by atoms with Crippen molar-refractivity contribution in [2.45, 2.75) is 19.4 Å². The molecule has 1 N–H and O–H groups in total. The van der Waals surface area contributed by atoms with E-state index >= 15 is 0 Å². The SMILES string of the molecule is CC(C(=O)O)c1ccc2cc(OCc3nc4ccccc4n3C)ccc2c1. The molecule has 0 saturated carbocycles. The molecule has 1 heterocycles. The van der Waals surface area contributed by atoms with Gasteiger partial charge in [0.25, 0.3) is 0 Å². The maximum absolute atomic E-state index is 11.2. The minimum absolute atomic E-state index is 0.380. The molecule has 0 amide bonds. The monoisotopic (exact) mass is 360 g/mol. The molecular formula is C22H20N2O3. The van der Waals surface area contributed by atoms with Gasteiger partial charge in [0.1, 0.15) is 18.2 Å². The molecular weight excluding hydrogens is 340 g/mol. The van der Waals surface area contributed by atoms with Crippen molar-refractivity contribution < 1.29 is 14.6 Å². The first-order valence-corrected chi connectivity index (χ1v) is 8.82. The highest BCUT2D eigenvalue weighted by Crippen LogP contribution is 2.26. The Morgan fingerprint density at radius 1 is 1.11 bits per heavy atom. The number of aliphatic carboxylic acids is 1. The van der Waals surface area contributed by atoms with Crippen LogP contribution in [-0.4, -0.2) is 20.6 Å². The molecule has 1 aromatic heterocycles. The van der Waals surface area contributed by atoms with Gasteiger partial charge in [0, 0.05) is 7.05 Å². The van der Waals surface area contributed by atoms with Crippen LogP contribution in [0.25, 0.3) is 21.8 Å². The number of carboxylic acids is 1. The summed E-state index contributed by atoms with van der Waals surface area (Å²) in [4.78, 5) is 15.8. The van der Waals surface area contributed by atoms with E-state index in [0.717, 1.165) is 38.9 Å². The predicted octanol–water partition coefficient (Wildman–Crippen LogP) is 4.49. The number of fused-ring (bicyclic) bond motifs is 2. The van der Waals surface area contributed by atoms with Gasteiger partial charge >= 0.3 is 5.97 Å². The van der Waals surface area contributed by atoms with Gasteiger partial charge in [-0.2, -0.15) is 0 Å². The minimum atomic E-state index is -0.822. The molecule has 0 spiro atoms. The predicted molar refractivity (Wildman–Crippen MR) is 105 cm³/mol. The summed E-state index contributed by atoms with van der Waals surface area (Å²) in [6.45, 7) is 2.07. The Hall–Kier alpha value is -3.34. The number of carbonyl (C=O) groups is 1. The van der Waals surface area contributed by atoms with Gasteiger partial charge in [-0.25, -0.2) is 4.98 Å². The molecule has 5 nitrogen and oxygen atoms in total. The number of aromatic nitrogens is 2. The molecule has 1 atom stereocenters. The van der Waals surface area contributed by atoms with Crippen LogP contribution in [0.1, 0.15) is 24.2 Å². The molecule has 0 aliphatic heterocycles. The first-order valence-electron chi connectivity index (χ1n) is 8.82. The summed E-state index contributed by atoms with van der Waals surface area (Å²) in [5.74, 6) is 0.273. The Kier molecular flexibility index (Phi) is 4.28. The maximum atomic E-state index is 11.2. The number of nitrogens with zero attached hydrogens (tertiary/aromatic N) is 2. The summed E-state index contributed by atoms with van der Waals surface area (Å²) in [5.41, 5.74) is 2.83. The standard InChI is InChI=1S/C22H20N2O3/c1-14(22(25)26)15-7-8-17-12-18(10-9-16(17)11-15)27-13-21-23-19-5-3-4-6-20(19)24(21)2/h3-12,14H,13H2,1-2H3,(H,25,26). The number of rotatable bonds is 5. The molecule has 0 radical (unpaired) electrons. The number of benzene rings is 3. The van der Waals surface area contributed by atoms with Crippen molar-refractivity contribution in [1.82, 2.24) is 9.55 Å². The highest BCUT2D eigenvalue weighted by Gasteiger charge is 2.14. The molecule has 27 heavy (non-hydrogen) atoms. The van der Waals surface area contributed by atoms with Gasteiger partial charge in [0.15, 0.2) is 0 Å². The first kappa shape index (κ1) is 17.1. The first-order chi connectivity index (χ1) is 13.0. The fourth-order valence-corrected chi connectivity index (χ4v) is 3.22. The quantitative estimate of drug-likeness (QED) is 0.569. The third kappa shape index (κ3) is 3.24. The molecule has 4 rings (SSSR count). The summed E-state index contributed by atoms with van der Waals surface area (Å²) in [6, 6.07) is 19.5. The Labute approximate surface area is 156 Å². The number of hydrogen-bond donors (Lipinski definition) is 1.